The first-order chi connectivity index (χ1) is 8.04. The highest BCUT2D eigenvalue weighted by Crippen LogP contribution is 2.10. The van der Waals surface area contributed by atoms with E-state index in [0.29, 0.717) is 12.2 Å². The highest BCUT2D eigenvalue weighted by Gasteiger charge is 2.20. The number of halogens is 2. The lowest BCUT2D eigenvalue weighted by Crippen LogP contribution is -2.38. The maximum atomic E-state index is 12.8. The van der Waals surface area contributed by atoms with Gasteiger partial charge in [0.05, 0.1) is 11.7 Å². The fourth-order valence-electron chi connectivity index (χ4n) is 1.58. The molecule has 5 heteroatoms. The molecule has 0 saturated carbocycles. The summed E-state index contributed by atoms with van der Waals surface area (Å²) >= 11 is 0. The normalized spacial score (nSPS) is 13.6. The first-order valence-electron chi connectivity index (χ1n) is 6.10. The standard InChI is InChI=1S/C12H21F2N3/c1-4-6-15-11(12(13)14)8-10-5-7-17(16-10)9(2)3/h5,7,9,11-12,15H,4,6,8H2,1-3H3. The number of rotatable bonds is 7. The van der Waals surface area contributed by atoms with E-state index in [9.17, 15) is 8.78 Å². The van der Waals surface area contributed by atoms with Gasteiger partial charge in [0, 0.05) is 18.7 Å². The molecule has 1 heterocycles. The van der Waals surface area contributed by atoms with E-state index in [1.54, 1.807) is 4.68 Å². The summed E-state index contributed by atoms with van der Waals surface area (Å²) in [5.74, 6) is 0. The quantitative estimate of drug-likeness (QED) is 0.800. The van der Waals surface area contributed by atoms with Crippen LogP contribution in [-0.4, -0.2) is 28.8 Å². The summed E-state index contributed by atoms with van der Waals surface area (Å²) < 4.78 is 27.3. The van der Waals surface area contributed by atoms with Crippen molar-refractivity contribution in [3.8, 4) is 0 Å². The third kappa shape index (κ3) is 4.42. The Morgan fingerprint density at radius 3 is 2.59 bits per heavy atom. The van der Waals surface area contributed by atoms with E-state index in [1.165, 1.54) is 0 Å². The summed E-state index contributed by atoms with van der Waals surface area (Å²) in [6.45, 7) is 6.59. The number of nitrogens with zero attached hydrogens (tertiary/aromatic N) is 2. The van der Waals surface area contributed by atoms with Gasteiger partial charge < -0.3 is 5.32 Å². The molecular formula is C12H21F2N3. The molecule has 1 rings (SSSR count). The van der Waals surface area contributed by atoms with Crippen LogP contribution in [-0.2, 0) is 6.42 Å². The van der Waals surface area contributed by atoms with Crippen LogP contribution < -0.4 is 5.32 Å². The second kappa shape index (κ2) is 6.69. The van der Waals surface area contributed by atoms with Gasteiger partial charge in [-0.2, -0.15) is 5.10 Å². The van der Waals surface area contributed by atoms with Crippen LogP contribution >= 0.6 is 0 Å². The molecule has 1 aromatic rings. The van der Waals surface area contributed by atoms with Crippen molar-refractivity contribution in [2.75, 3.05) is 6.54 Å². The Morgan fingerprint density at radius 2 is 2.12 bits per heavy atom. The summed E-state index contributed by atoms with van der Waals surface area (Å²) in [6, 6.07) is 1.27. The predicted molar refractivity (Wildman–Crippen MR) is 64.4 cm³/mol. The molecule has 0 aliphatic rings. The van der Waals surface area contributed by atoms with Gasteiger partial charge in [-0.1, -0.05) is 6.92 Å². The summed E-state index contributed by atoms with van der Waals surface area (Å²) in [4.78, 5) is 0. The lowest BCUT2D eigenvalue weighted by molar-refractivity contribution is 0.0977. The van der Waals surface area contributed by atoms with Crippen molar-refractivity contribution in [1.29, 1.82) is 0 Å². The maximum Gasteiger partial charge on any atom is 0.254 e. The molecule has 98 valence electrons. The Bertz CT molecular complexity index is 323. The van der Waals surface area contributed by atoms with Gasteiger partial charge in [-0.25, -0.2) is 8.78 Å². The molecule has 0 aliphatic carbocycles. The van der Waals surface area contributed by atoms with E-state index in [-0.39, 0.29) is 12.5 Å². The SMILES string of the molecule is CCCNC(Cc1ccn(C(C)C)n1)C(F)F. The topological polar surface area (TPSA) is 29.9 Å². The van der Waals surface area contributed by atoms with Gasteiger partial charge in [0.15, 0.2) is 0 Å². The van der Waals surface area contributed by atoms with Crippen LogP contribution in [0.5, 0.6) is 0 Å². The van der Waals surface area contributed by atoms with E-state index < -0.39 is 12.5 Å². The molecule has 1 atom stereocenters. The minimum atomic E-state index is -2.36. The number of aromatic nitrogens is 2. The van der Waals surface area contributed by atoms with Crippen LogP contribution in [0.15, 0.2) is 12.3 Å². The van der Waals surface area contributed by atoms with Crippen LogP contribution in [0.1, 0.15) is 38.9 Å². The average Bonchev–Trinajstić information content (AvgIpc) is 2.72. The monoisotopic (exact) mass is 245 g/mol. The number of hydrogen-bond donors (Lipinski definition) is 1. The molecule has 3 nitrogen and oxygen atoms in total. The summed E-state index contributed by atoms with van der Waals surface area (Å²) in [6.07, 6.45) is 0.606. The average molecular weight is 245 g/mol. The summed E-state index contributed by atoms with van der Waals surface area (Å²) in [5, 5.41) is 7.14. The van der Waals surface area contributed by atoms with Crippen LogP contribution in [0.3, 0.4) is 0 Å². The van der Waals surface area contributed by atoms with Gasteiger partial charge in [0.25, 0.3) is 6.43 Å². The van der Waals surface area contributed by atoms with Crippen molar-refractivity contribution < 1.29 is 8.78 Å². The second-order valence-corrected chi connectivity index (χ2v) is 4.48. The smallest absolute Gasteiger partial charge is 0.254 e. The minimum Gasteiger partial charge on any atom is -0.309 e. The highest BCUT2D eigenvalue weighted by molar-refractivity contribution is 5.02. The zero-order valence-electron chi connectivity index (χ0n) is 10.7. The van der Waals surface area contributed by atoms with Crippen molar-refractivity contribution in [2.45, 2.75) is 52.1 Å². The third-order valence-electron chi connectivity index (χ3n) is 2.58. The van der Waals surface area contributed by atoms with Crippen LogP contribution in [0.25, 0.3) is 0 Å². The van der Waals surface area contributed by atoms with Gasteiger partial charge >= 0.3 is 0 Å². The Kier molecular flexibility index (Phi) is 5.55. The fraction of sp³-hybridized carbons (Fsp3) is 0.750. The molecule has 0 amide bonds. The molecule has 1 aromatic heterocycles. The van der Waals surface area contributed by atoms with Crippen LogP contribution in [0.4, 0.5) is 8.78 Å². The number of hydrogen-bond acceptors (Lipinski definition) is 2. The molecule has 0 saturated heterocycles. The zero-order valence-corrected chi connectivity index (χ0v) is 10.7. The van der Waals surface area contributed by atoms with Crippen LogP contribution in [0.2, 0.25) is 0 Å². The Labute approximate surface area is 101 Å². The Balaban J connectivity index is 2.58. The molecule has 0 bridgehead atoms. The van der Waals surface area contributed by atoms with Crippen LogP contribution in [0, 0.1) is 0 Å². The number of alkyl halides is 2. The van der Waals surface area contributed by atoms with Gasteiger partial charge in [-0.15, -0.1) is 0 Å². The molecule has 1 unspecified atom stereocenters. The molecule has 1 N–H and O–H groups in total. The molecular weight excluding hydrogens is 224 g/mol. The second-order valence-electron chi connectivity index (χ2n) is 4.48. The molecule has 0 fully saturated rings. The molecule has 17 heavy (non-hydrogen) atoms. The van der Waals surface area contributed by atoms with Gasteiger partial charge in [-0.3, -0.25) is 4.68 Å². The van der Waals surface area contributed by atoms with E-state index in [2.05, 4.69) is 10.4 Å². The van der Waals surface area contributed by atoms with E-state index in [1.807, 2.05) is 33.0 Å². The molecule has 0 spiro atoms. The van der Waals surface area contributed by atoms with E-state index >= 15 is 0 Å². The Hall–Kier alpha value is -0.970. The summed E-state index contributed by atoms with van der Waals surface area (Å²) in [5.41, 5.74) is 0.715. The highest BCUT2D eigenvalue weighted by atomic mass is 19.3. The number of nitrogens with one attached hydrogen (secondary N) is 1. The van der Waals surface area contributed by atoms with Gasteiger partial charge in [0.1, 0.15) is 0 Å². The predicted octanol–water partition coefficient (Wildman–Crippen LogP) is 2.64. The molecule has 0 radical (unpaired) electrons. The van der Waals surface area contributed by atoms with E-state index in [4.69, 9.17) is 0 Å². The molecule has 0 aliphatic heterocycles. The van der Waals surface area contributed by atoms with Crippen molar-refractivity contribution in [3.63, 3.8) is 0 Å². The van der Waals surface area contributed by atoms with Gasteiger partial charge in [0.2, 0.25) is 0 Å². The minimum absolute atomic E-state index is 0.261. The Morgan fingerprint density at radius 1 is 1.41 bits per heavy atom. The van der Waals surface area contributed by atoms with Gasteiger partial charge in [-0.05, 0) is 32.9 Å². The molecule has 0 aromatic carbocycles. The first kappa shape index (κ1) is 14.1. The first-order valence-corrected chi connectivity index (χ1v) is 6.10. The lowest BCUT2D eigenvalue weighted by Gasteiger charge is -2.16. The summed E-state index contributed by atoms with van der Waals surface area (Å²) in [7, 11) is 0. The zero-order chi connectivity index (χ0) is 12.8. The van der Waals surface area contributed by atoms with Crippen molar-refractivity contribution in [2.24, 2.45) is 0 Å². The lowest BCUT2D eigenvalue weighted by atomic mass is 10.1. The van der Waals surface area contributed by atoms with Crippen molar-refractivity contribution in [1.82, 2.24) is 15.1 Å². The maximum absolute atomic E-state index is 12.8. The third-order valence-corrected chi connectivity index (χ3v) is 2.58. The van der Waals surface area contributed by atoms with Crippen molar-refractivity contribution in [3.05, 3.63) is 18.0 Å². The van der Waals surface area contributed by atoms with Crippen molar-refractivity contribution >= 4 is 0 Å². The largest absolute Gasteiger partial charge is 0.309 e. The fourth-order valence-corrected chi connectivity index (χ4v) is 1.58. The van der Waals surface area contributed by atoms with E-state index in [0.717, 1.165) is 6.42 Å².